The first kappa shape index (κ1) is 13.6. The van der Waals surface area contributed by atoms with Gasteiger partial charge >= 0.3 is 0 Å². The van der Waals surface area contributed by atoms with Crippen LogP contribution in [-0.4, -0.2) is 46.9 Å². The first-order chi connectivity index (χ1) is 8.79. The van der Waals surface area contributed by atoms with Crippen LogP contribution in [0.25, 0.3) is 0 Å². The standard InChI is InChI=1S/C14H26N4/c1-3-17-10-5-14(6-11-17)13(2)15-8-12-18-9-4-7-16-18/h4,7,9,13-15H,3,5-6,8,10-12H2,1-2H3. The third-order valence-electron chi connectivity index (χ3n) is 4.15. The number of piperidine rings is 1. The Kier molecular flexibility index (Phi) is 5.20. The van der Waals surface area contributed by atoms with Crippen LogP contribution in [-0.2, 0) is 6.54 Å². The topological polar surface area (TPSA) is 33.1 Å². The first-order valence-electron chi connectivity index (χ1n) is 7.22. The van der Waals surface area contributed by atoms with E-state index >= 15 is 0 Å². The molecule has 4 heteroatoms. The Bertz CT molecular complexity index is 315. The minimum Gasteiger partial charge on any atom is -0.312 e. The lowest BCUT2D eigenvalue weighted by Gasteiger charge is -2.34. The first-order valence-corrected chi connectivity index (χ1v) is 7.22. The molecule has 0 bridgehead atoms. The number of hydrogen-bond acceptors (Lipinski definition) is 3. The summed E-state index contributed by atoms with van der Waals surface area (Å²) in [5, 5.41) is 7.86. The summed E-state index contributed by atoms with van der Waals surface area (Å²) in [7, 11) is 0. The van der Waals surface area contributed by atoms with Gasteiger partial charge in [-0.05, 0) is 51.4 Å². The molecule has 0 aliphatic carbocycles. The summed E-state index contributed by atoms with van der Waals surface area (Å²) in [4.78, 5) is 2.55. The van der Waals surface area contributed by atoms with Crippen molar-refractivity contribution in [2.24, 2.45) is 5.92 Å². The molecule has 1 N–H and O–H groups in total. The van der Waals surface area contributed by atoms with Crippen molar-refractivity contribution in [3.05, 3.63) is 18.5 Å². The van der Waals surface area contributed by atoms with Crippen molar-refractivity contribution in [2.75, 3.05) is 26.2 Å². The summed E-state index contributed by atoms with van der Waals surface area (Å²) in [6.07, 6.45) is 6.53. The van der Waals surface area contributed by atoms with Gasteiger partial charge in [0.15, 0.2) is 0 Å². The molecule has 1 aliphatic heterocycles. The summed E-state index contributed by atoms with van der Waals surface area (Å²) in [5.74, 6) is 0.838. The zero-order valence-electron chi connectivity index (χ0n) is 11.7. The van der Waals surface area contributed by atoms with Crippen LogP contribution >= 0.6 is 0 Å². The van der Waals surface area contributed by atoms with Gasteiger partial charge in [0.2, 0.25) is 0 Å². The van der Waals surface area contributed by atoms with Crippen LogP contribution in [0.4, 0.5) is 0 Å². The lowest BCUT2D eigenvalue weighted by Crippen LogP contribution is -2.42. The highest BCUT2D eigenvalue weighted by Gasteiger charge is 2.22. The van der Waals surface area contributed by atoms with E-state index in [0.29, 0.717) is 6.04 Å². The van der Waals surface area contributed by atoms with Gasteiger partial charge < -0.3 is 10.2 Å². The van der Waals surface area contributed by atoms with Crippen molar-refractivity contribution < 1.29 is 0 Å². The summed E-state index contributed by atoms with van der Waals surface area (Å²) in [6, 6.07) is 2.60. The highest BCUT2D eigenvalue weighted by Crippen LogP contribution is 2.20. The molecule has 1 saturated heterocycles. The third kappa shape index (κ3) is 3.82. The molecule has 1 aromatic heterocycles. The van der Waals surface area contributed by atoms with Gasteiger partial charge in [-0.1, -0.05) is 6.92 Å². The lowest BCUT2D eigenvalue weighted by molar-refractivity contribution is 0.168. The fourth-order valence-electron chi connectivity index (χ4n) is 2.78. The molecule has 4 nitrogen and oxygen atoms in total. The Morgan fingerprint density at radius 3 is 2.78 bits per heavy atom. The lowest BCUT2D eigenvalue weighted by atomic mass is 9.90. The largest absolute Gasteiger partial charge is 0.312 e. The van der Waals surface area contributed by atoms with Crippen molar-refractivity contribution in [3.63, 3.8) is 0 Å². The van der Waals surface area contributed by atoms with E-state index in [9.17, 15) is 0 Å². The van der Waals surface area contributed by atoms with Crippen molar-refractivity contribution >= 4 is 0 Å². The number of nitrogens with zero attached hydrogens (tertiary/aromatic N) is 3. The maximum atomic E-state index is 4.22. The molecular formula is C14H26N4. The number of hydrogen-bond donors (Lipinski definition) is 1. The van der Waals surface area contributed by atoms with Gasteiger partial charge in [-0.25, -0.2) is 0 Å². The minimum absolute atomic E-state index is 0.625. The summed E-state index contributed by atoms with van der Waals surface area (Å²) in [6.45, 7) is 10.3. The fourth-order valence-corrected chi connectivity index (χ4v) is 2.78. The molecule has 1 aliphatic rings. The van der Waals surface area contributed by atoms with Crippen LogP contribution in [0.1, 0.15) is 26.7 Å². The molecule has 2 rings (SSSR count). The average Bonchev–Trinajstić information content (AvgIpc) is 2.92. The Hall–Kier alpha value is -0.870. The Morgan fingerprint density at radius 1 is 1.39 bits per heavy atom. The molecule has 1 aromatic rings. The van der Waals surface area contributed by atoms with E-state index in [1.54, 1.807) is 0 Å². The Labute approximate surface area is 110 Å². The Morgan fingerprint density at radius 2 is 2.17 bits per heavy atom. The maximum Gasteiger partial charge on any atom is 0.0534 e. The van der Waals surface area contributed by atoms with Crippen LogP contribution in [0.2, 0.25) is 0 Å². The van der Waals surface area contributed by atoms with Crippen molar-refractivity contribution in [1.29, 1.82) is 0 Å². The molecule has 0 radical (unpaired) electrons. The number of likely N-dealkylation sites (tertiary alicyclic amines) is 1. The molecule has 18 heavy (non-hydrogen) atoms. The fraction of sp³-hybridized carbons (Fsp3) is 0.786. The predicted octanol–water partition coefficient (Wildman–Crippen LogP) is 1.59. The predicted molar refractivity (Wildman–Crippen MR) is 74.5 cm³/mol. The highest BCUT2D eigenvalue weighted by atomic mass is 15.3. The van der Waals surface area contributed by atoms with E-state index < -0.39 is 0 Å². The SMILES string of the molecule is CCN1CCC(C(C)NCCn2cccn2)CC1. The van der Waals surface area contributed by atoms with Crippen molar-refractivity contribution in [3.8, 4) is 0 Å². The second-order valence-electron chi connectivity index (χ2n) is 5.28. The summed E-state index contributed by atoms with van der Waals surface area (Å²) >= 11 is 0. The van der Waals surface area contributed by atoms with Gasteiger partial charge in [-0.15, -0.1) is 0 Å². The number of nitrogens with one attached hydrogen (secondary N) is 1. The van der Waals surface area contributed by atoms with Gasteiger partial charge in [0, 0.05) is 25.0 Å². The van der Waals surface area contributed by atoms with Crippen LogP contribution in [0, 0.1) is 5.92 Å². The molecule has 0 saturated carbocycles. The molecule has 0 amide bonds. The molecule has 102 valence electrons. The number of aromatic nitrogens is 2. The minimum atomic E-state index is 0.625. The Balaban J connectivity index is 1.64. The second kappa shape index (κ2) is 6.90. The smallest absolute Gasteiger partial charge is 0.0534 e. The molecule has 1 atom stereocenters. The van der Waals surface area contributed by atoms with Gasteiger partial charge in [-0.3, -0.25) is 4.68 Å². The van der Waals surface area contributed by atoms with Crippen molar-refractivity contribution in [1.82, 2.24) is 20.0 Å². The van der Waals surface area contributed by atoms with Gasteiger partial charge in [0.1, 0.15) is 0 Å². The average molecular weight is 250 g/mol. The zero-order valence-corrected chi connectivity index (χ0v) is 11.7. The van der Waals surface area contributed by atoms with E-state index in [2.05, 4.69) is 29.2 Å². The maximum absolute atomic E-state index is 4.22. The van der Waals surface area contributed by atoms with Crippen molar-refractivity contribution in [2.45, 2.75) is 39.3 Å². The van der Waals surface area contributed by atoms with E-state index in [-0.39, 0.29) is 0 Å². The van der Waals surface area contributed by atoms with E-state index in [1.807, 2.05) is 23.1 Å². The zero-order chi connectivity index (χ0) is 12.8. The van der Waals surface area contributed by atoms with Crippen LogP contribution in [0.15, 0.2) is 18.5 Å². The molecule has 1 fully saturated rings. The molecule has 2 heterocycles. The summed E-state index contributed by atoms with van der Waals surface area (Å²) in [5.41, 5.74) is 0. The van der Waals surface area contributed by atoms with E-state index in [1.165, 1.54) is 32.5 Å². The summed E-state index contributed by atoms with van der Waals surface area (Å²) < 4.78 is 1.99. The van der Waals surface area contributed by atoms with Gasteiger partial charge in [0.05, 0.1) is 6.54 Å². The molecule has 1 unspecified atom stereocenters. The van der Waals surface area contributed by atoms with Crippen LogP contribution < -0.4 is 5.32 Å². The van der Waals surface area contributed by atoms with Crippen LogP contribution in [0.3, 0.4) is 0 Å². The van der Waals surface area contributed by atoms with E-state index in [4.69, 9.17) is 0 Å². The third-order valence-corrected chi connectivity index (χ3v) is 4.15. The van der Waals surface area contributed by atoms with Gasteiger partial charge in [0.25, 0.3) is 0 Å². The normalized spacial score (nSPS) is 20.1. The molecule has 0 aromatic carbocycles. The van der Waals surface area contributed by atoms with E-state index in [0.717, 1.165) is 19.0 Å². The molecular weight excluding hydrogens is 224 g/mol. The van der Waals surface area contributed by atoms with Crippen LogP contribution in [0.5, 0.6) is 0 Å². The molecule has 0 spiro atoms. The number of rotatable bonds is 6. The monoisotopic (exact) mass is 250 g/mol. The quantitative estimate of drug-likeness (QED) is 0.832. The second-order valence-corrected chi connectivity index (χ2v) is 5.28. The van der Waals surface area contributed by atoms with Gasteiger partial charge in [-0.2, -0.15) is 5.10 Å². The highest BCUT2D eigenvalue weighted by molar-refractivity contribution is 4.80.